The Hall–Kier alpha value is -3.38. The third-order valence-corrected chi connectivity index (χ3v) is 5.45. The SMILES string of the molecule is O=C1C=C(c2cccc(OCCc3cccc(Oc4ccccc4)c3)c2)S(=O)N1. The molecule has 1 aliphatic rings. The van der Waals surface area contributed by atoms with Crippen LogP contribution in [0.4, 0.5) is 0 Å². The number of carbonyl (C=O) groups is 1. The van der Waals surface area contributed by atoms with Gasteiger partial charge in [-0.1, -0.05) is 42.5 Å². The predicted molar refractivity (Wildman–Crippen MR) is 113 cm³/mol. The molecule has 0 radical (unpaired) electrons. The van der Waals surface area contributed by atoms with E-state index < -0.39 is 11.0 Å². The average Bonchev–Trinajstić information content (AvgIpc) is 3.07. The molecule has 6 heteroatoms. The summed E-state index contributed by atoms with van der Waals surface area (Å²) in [5, 5.41) is 0. The highest BCUT2D eigenvalue weighted by Crippen LogP contribution is 2.25. The van der Waals surface area contributed by atoms with Crippen molar-refractivity contribution in [3.63, 3.8) is 0 Å². The van der Waals surface area contributed by atoms with E-state index in [4.69, 9.17) is 9.47 Å². The second-order valence-electron chi connectivity index (χ2n) is 6.43. The molecule has 146 valence electrons. The molecule has 3 aromatic carbocycles. The standard InChI is InChI=1S/C23H19NO4S/c25-23-16-22(29(26)24-23)18-7-5-10-20(15-18)27-13-12-17-6-4-11-21(14-17)28-19-8-2-1-3-9-19/h1-11,14-16H,12-13H2,(H,24,25). The maximum atomic E-state index is 11.9. The van der Waals surface area contributed by atoms with Gasteiger partial charge in [0.05, 0.1) is 11.5 Å². The van der Waals surface area contributed by atoms with E-state index in [9.17, 15) is 9.00 Å². The van der Waals surface area contributed by atoms with E-state index >= 15 is 0 Å². The Labute approximate surface area is 171 Å². The summed E-state index contributed by atoms with van der Waals surface area (Å²) < 4.78 is 26.0. The van der Waals surface area contributed by atoms with Crippen LogP contribution in [0, 0.1) is 0 Å². The van der Waals surface area contributed by atoms with Gasteiger partial charge in [-0.15, -0.1) is 0 Å². The lowest BCUT2D eigenvalue weighted by Gasteiger charge is -2.10. The molecule has 0 bridgehead atoms. The van der Waals surface area contributed by atoms with E-state index in [-0.39, 0.29) is 5.91 Å². The molecule has 0 saturated carbocycles. The molecule has 1 amide bonds. The summed E-state index contributed by atoms with van der Waals surface area (Å²) in [5.74, 6) is 1.89. The lowest BCUT2D eigenvalue weighted by atomic mass is 10.1. The molecule has 0 spiro atoms. The van der Waals surface area contributed by atoms with Crippen molar-refractivity contribution in [1.29, 1.82) is 0 Å². The van der Waals surface area contributed by atoms with Crippen LogP contribution in [0.3, 0.4) is 0 Å². The molecule has 5 nitrogen and oxygen atoms in total. The number of para-hydroxylation sites is 1. The Bertz CT molecular complexity index is 1080. The third-order valence-electron chi connectivity index (χ3n) is 4.31. The number of nitrogens with one attached hydrogen (secondary N) is 1. The highest BCUT2D eigenvalue weighted by Gasteiger charge is 2.21. The monoisotopic (exact) mass is 405 g/mol. The summed E-state index contributed by atoms with van der Waals surface area (Å²) in [6.07, 6.45) is 2.07. The van der Waals surface area contributed by atoms with Gasteiger partial charge in [0.1, 0.15) is 17.2 Å². The van der Waals surface area contributed by atoms with Crippen LogP contribution >= 0.6 is 0 Å². The summed E-state index contributed by atoms with van der Waals surface area (Å²) in [6, 6.07) is 24.8. The van der Waals surface area contributed by atoms with E-state index in [2.05, 4.69) is 4.72 Å². The van der Waals surface area contributed by atoms with Crippen molar-refractivity contribution in [2.75, 3.05) is 6.61 Å². The number of amides is 1. The molecule has 1 aliphatic heterocycles. The summed E-state index contributed by atoms with van der Waals surface area (Å²) in [6.45, 7) is 0.484. The lowest BCUT2D eigenvalue weighted by molar-refractivity contribution is -0.114. The largest absolute Gasteiger partial charge is 0.493 e. The molecule has 4 rings (SSSR count). The average molecular weight is 405 g/mol. The fourth-order valence-electron chi connectivity index (χ4n) is 2.95. The minimum absolute atomic E-state index is 0.345. The fourth-order valence-corrected chi connectivity index (χ4v) is 3.86. The van der Waals surface area contributed by atoms with Crippen molar-refractivity contribution in [1.82, 2.24) is 4.72 Å². The normalized spacial score (nSPS) is 15.5. The van der Waals surface area contributed by atoms with Gasteiger partial charge < -0.3 is 9.47 Å². The Morgan fingerprint density at radius 1 is 0.828 bits per heavy atom. The minimum Gasteiger partial charge on any atom is -0.493 e. The van der Waals surface area contributed by atoms with E-state index in [0.717, 1.165) is 17.1 Å². The van der Waals surface area contributed by atoms with Gasteiger partial charge in [0.15, 0.2) is 11.0 Å². The number of hydrogen-bond acceptors (Lipinski definition) is 4. The smallest absolute Gasteiger partial charge is 0.257 e. The van der Waals surface area contributed by atoms with Gasteiger partial charge >= 0.3 is 0 Å². The van der Waals surface area contributed by atoms with Crippen LogP contribution in [0.15, 0.2) is 84.9 Å². The molecule has 1 heterocycles. The summed E-state index contributed by atoms with van der Waals surface area (Å²) in [4.78, 5) is 11.8. The summed E-state index contributed by atoms with van der Waals surface area (Å²) >= 11 is 0. The highest BCUT2D eigenvalue weighted by atomic mass is 32.2. The van der Waals surface area contributed by atoms with Crippen LogP contribution in [0.5, 0.6) is 17.2 Å². The molecular formula is C23H19NO4S. The van der Waals surface area contributed by atoms with Crippen molar-refractivity contribution >= 4 is 21.8 Å². The van der Waals surface area contributed by atoms with Crippen LogP contribution in [0.25, 0.3) is 4.91 Å². The van der Waals surface area contributed by atoms with Gasteiger partial charge in [0.25, 0.3) is 5.91 Å². The fraction of sp³-hybridized carbons (Fsp3) is 0.0870. The molecular weight excluding hydrogens is 386 g/mol. The Morgan fingerprint density at radius 3 is 2.38 bits per heavy atom. The molecule has 0 fully saturated rings. The van der Waals surface area contributed by atoms with E-state index in [1.807, 2.05) is 66.7 Å². The van der Waals surface area contributed by atoms with Crippen molar-refractivity contribution in [3.8, 4) is 17.2 Å². The first-order valence-corrected chi connectivity index (χ1v) is 10.3. The zero-order valence-electron chi connectivity index (χ0n) is 15.5. The van der Waals surface area contributed by atoms with Crippen LogP contribution < -0.4 is 14.2 Å². The number of carbonyl (C=O) groups excluding carboxylic acids is 1. The lowest BCUT2D eigenvalue weighted by Crippen LogP contribution is -2.16. The first-order valence-electron chi connectivity index (χ1n) is 9.16. The van der Waals surface area contributed by atoms with Crippen molar-refractivity contribution in [2.45, 2.75) is 6.42 Å². The topological polar surface area (TPSA) is 64.6 Å². The minimum atomic E-state index is -1.51. The number of rotatable bonds is 7. The van der Waals surface area contributed by atoms with Gasteiger partial charge in [-0.05, 0) is 47.5 Å². The molecule has 0 aromatic heterocycles. The number of hydrogen-bond donors (Lipinski definition) is 1. The molecule has 1 unspecified atom stereocenters. The third kappa shape index (κ3) is 4.92. The van der Waals surface area contributed by atoms with Crippen LogP contribution in [-0.2, 0) is 22.2 Å². The van der Waals surface area contributed by atoms with E-state index in [1.165, 1.54) is 6.08 Å². The molecule has 3 aromatic rings. The second kappa shape index (κ2) is 8.75. The van der Waals surface area contributed by atoms with Gasteiger partial charge in [0.2, 0.25) is 0 Å². The molecule has 0 saturated heterocycles. The molecule has 29 heavy (non-hydrogen) atoms. The first kappa shape index (κ1) is 19.0. The van der Waals surface area contributed by atoms with Gasteiger partial charge in [0, 0.05) is 12.5 Å². The summed E-state index contributed by atoms with van der Waals surface area (Å²) in [5.41, 5.74) is 1.81. The Morgan fingerprint density at radius 2 is 1.59 bits per heavy atom. The summed E-state index contributed by atoms with van der Waals surface area (Å²) in [7, 11) is -1.51. The quantitative estimate of drug-likeness (QED) is 0.639. The zero-order chi connectivity index (χ0) is 20.1. The van der Waals surface area contributed by atoms with Crippen LogP contribution in [0.1, 0.15) is 11.1 Å². The Kier molecular flexibility index (Phi) is 5.72. The van der Waals surface area contributed by atoms with Crippen molar-refractivity contribution in [2.24, 2.45) is 0 Å². The highest BCUT2D eigenvalue weighted by molar-refractivity contribution is 7.93. The molecule has 1 atom stereocenters. The molecule has 1 N–H and O–H groups in total. The van der Waals surface area contributed by atoms with Gasteiger partial charge in [-0.3, -0.25) is 9.52 Å². The maximum Gasteiger partial charge on any atom is 0.257 e. The van der Waals surface area contributed by atoms with E-state index in [1.54, 1.807) is 12.1 Å². The van der Waals surface area contributed by atoms with E-state index in [0.29, 0.717) is 29.2 Å². The predicted octanol–water partition coefficient (Wildman–Crippen LogP) is 4.23. The van der Waals surface area contributed by atoms with Crippen molar-refractivity contribution < 1.29 is 18.5 Å². The first-order chi connectivity index (χ1) is 14.2. The molecule has 0 aliphatic carbocycles. The number of ether oxygens (including phenoxy) is 2. The number of benzene rings is 3. The van der Waals surface area contributed by atoms with Crippen LogP contribution in [0.2, 0.25) is 0 Å². The van der Waals surface area contributed by atoms with Gasteiger partial charge in [-0.2, -0.15) is 0 Å². The Balaban J connectivity index is 1.37. The van der Waals surface area contributed by atoms with Crippen molar-refractivity contribution in [3.05, 3.63) is 96.1 Å². The van der Waals surface area contributed by atoms with Gasteiger partial charge in [-0.25, -0.2) is 4.21 Å². The zero-order valence-corrected chi connectivity index (χ0v) is 16.4. The second-order valence-corrected chi connectivity index (χ2v) is 7.61. The van der Waals surface area contributed by atoms with Crippen LogP contribution in [-0.4, -0.2) is 16.7 Å². The maximum absolute atomic E-state index is 11.9.